The van der Waals surface area contributed by atoms with E-state index in [1.54, 1.807) is 33.3 Å². The van der Waals surface area contributed by atoms with Gasteiger partial charge in [-0.3, -0.25) is 9.59 Å². The number of ether oxygens (including phenoxy) is 4. The second-order valence-electron chi connectivity index (χ2n) is 8.27. The Morgan fingerprint density at radius 3 is 2.24 bits per heavy atom. The molecular formula is C26H34N2O6. The minimum atomic E-state index is -0.398. The van der Waals surface area contributed by atoms with Crippen LogP contribution in [0.15, 0.2) is 42.5 Å². The van der Waals surface area contributed by atoms with Crippen LogP contribution in [0.4, 0.5) is 0 Å². The quantitative estimate of drug-likeness (QED) is 0.508. The largest absolute Gasteiger partial charge is 0.493 e. The van der Waals surface area contributed by atoms with Crippen LogP contribution in [0.3, 0.4) is 0 Å². The summed E-state index contributed by atoms with van der Waals surface area (Å²) in [6.07, 6.45) is 1.02. The van der Waals surface area contributed by atoms with Crippen LogP contribution in [0.2, 0.25) is 0 Å². The molecule has 8 heteroatoms. The molecule has 2 aromatic rings. The maximum Gasteiger partial charge on any atom is 0.227 e. The van der Waals surface area contributed by atoms with Gasteiger partial charge >= 0.3 is 0 Å². The van der Waals surface area contributed by atoms with Crippen molar-refractivity contribution in [2.75, 3.05) is 54.7 Å². The molecule has 0 spiro atoms. The summed E-state index contributed by atoms with van der Waals surface area (Å²) in [5.74, 6) is 0.837. The van der Waals surface area contributed by atoms with Crippen molar-refractivity contribution in [2.24, 2.45) is 5.92 Å². The maximum absolute atomic E-state index is 13.2. The first-order valence-electron chi connectivity index (χ1n) is 11.4. The van der Waals surface area contributed by atoms with Gasteiger partial charge < -0.3 is 29.2 Å². The Bertz CT molecular complexity index is 940. The molecule has 0 radical (unpaired) electrons. The molecule has 1 heterocycles. The molecule has 0 aromatic heterocycles. The van der Waals surface area contributed by atoms with Crippen molar-refractivity contribution in [2.45, 2.75) is 18.8 Å². The number of carbonyl (C=O) groups excluding carboxylic acids is 2. The fourth-order valence-electron chi connectivity index (χ4n) is 4.37. The van der Waals surface area contributed by atoms with Crippen molar-refractivity contribution in [1.82, 2.24) is 10.2 Å². The molecule has 1 saturated heterocycles. The molecule has 1 aliphatic heterocycles. The van der Waals surface area contributed by atoms with E-state index in [1.165, 1.54) is 0 Å². The van der Waals surface area contributed by atoms with Crippen molar-refractivity contribution in [3.05, 3.63) is 53.6 Å². The summed E-state index contributed by atoms with van der Waals surface area (Å²) < 4.78 is 21.6. The van der Waals surface area contributed by atoms with Gasteiger partial charge in [0.2, 0.25) is 17.6 Å². The van der Waals surface area contributed by atoms with Crippen LogP contribution >= 0.6 is 0 Å². The second-order valence-corrected chi connectivity index (χ2v) is 8.27. The Labute approximate surface area is 201 Å². The fourth-order valence-corrected chi connectivity index (χ4v) is 4.37. The van der Waals surface area contributed by atoms with Crippen LogP contribution < -0.4 is 19.5 Å². The monoisotopic (exact) mass is 470 g/mol. The number of amides is 2. The number of hydrogen-bond acceptors (Lipinski definition) is 6. The number of carbonyl (C=O) groups is 2. The van der Waals surface area contributed by atoms with Crippen LogP contribution in [0.5, 0.6) is 17.2 Å². The minimum absolute atomic E-state index is 0.00155. The van der Waals surface area contributed by atoms with Gasteiger partial charge in [-0.25, -0.2) is 0 Å². The topological polar surface area (TPSA) is 86.3 Å². The lowest BCUT2D eigenvalue weighted by Gasteiger charge is -2.21. The molecule has 2 atom stereocenters. The van der Waals surface area contributed by atoms with E-state index in [0.717, 1.165) is 17.5 Å². The summed E-state index contributed by atoms with van der Waals surface area (Å²) in [5.41, 5.74) is 1.81. The average Bonchev–Trinajstić information content (AvgIpc) is 3.32. The van der Waals surface area contributed by atoms with Crippen molar-refractivity contribution < 1.29 is 28.5 Å². The first-order valence-corrected chi connectivity index (χ1v) is 11.4. The summed E-state index contributed by atoms with van der Waals surface area (Å²) in [6, 6.07) is 13.4. The summed E-state index contributed by atoms with van der Waals surface area (Å²) in [4.78, 5) is 28.1. The Morgan fingerprint density at radius 2 is 1.65 bits per heavy atom. The first-order chi connectivity index (χ1) is 16.5. The highest BCUT2D eigenvalue weighted by molar-refractivity contribution is 5.84. The number of hydrogen-bond donors (Lipinski definition) is 1. The van der Waals surface area contributed by atoms with E-state index in [9.17, 15) is 9.59 Å². The van der Waals surface area contributed by atoms with Crippen LogP contribution in [0, 0.1) is 5.92 Å². The molecule has 184 valence electrons. The SMILES string of the molecule is COCCCNC(=O)[C@H]1CN(C(=O)Cc2ccccc2)C[C@H]1c1cc(OC)c(OC)c(OC)c1. The Morgan fingerprint density at radius 1 is 0.971 bits per heavy atom. The molecular weight excluding hydrogens is 436 g/mol. The molecule has 2 aromatic carbocycles. The van der Waals surface area contributed by atoms with Gasteiger partial charge in [-0.15, -0.1) is 0 Å². The predicted octanol–water partition coefficient (Wildman–Crippen LogP) is 2.65. The Hall–Kier alpha value is -3.26. The lowest BCUT2D eigenvalue weighted by Crippen LogP contribution is -2.36. The Kier molecular flexibility index (Phi) is 9.16. The molecule has 0 unspecified atom stereocenters. The van der Waals surface area contributed by atoms with E-state index >= 15 is 0 Å². The van der Waals surface area contributed by atoms with E-state index in [4.69, 9.17) is 18.9 Å². The van der Waals surface area contributed by atoms with Gasteiger partial charge in [0.1, 0.15) is 0 Å². The van der Waals surface area contributed by atoms with Crippen LogP contribution in [0.25, 0.3) is 0 Å². The van der Waals surface area contributed by atoms with Crippen molar-refractivity contribution in [1.29, 1.82) is 0 Å². The van der Waals surface area contributed by atoms with E-state index in [1.807, 2.05) is 42.5 Å². The Balaban J connectivity index is 1.86. The van der Waals surface area contributed by atoms with Crippen LogP contribution in [-0.4, -0.2) is 71.4 Å². The molecule has 0 bridgehead atoms. The van der Waals surface area contributed by atoms with Gasteiger partial charge in [-0.2, -0.15) is 0 Å². The van der Waals surface area contributed by atoms with Crippen molar-refractivity contribution in [3.8, 4) is 17.2 Å². The fraction of sp³-hybridized carbons (Fsp3) is 0.462. The van der Waals surface area contributed by atoms with Gasteiger partial charge in [0, 0.05) is 39.3 Å². The third-order valence-electron chi connectivity index (χ3n) is 6.15. The molecule has 2 amide bonds. The molecule has 3 rings (SSSR count). The first kappa shape index (κ1) is 25.4. The normalized spacial score (nSPS) is 17.4. The van der Waals surface area contributed by atoms with E-state index in [0.29, 0.717) is 49.9 Å². The average molecular weight is 471 g/mol. The highest BCUT2D eigenvalue weighted by Crippen LogP contribution is 2.43. The smallest absolute Gasteiger partial charge is 0.227 e. The van der Waals surface area contributed by atoms with Gasteiger partial charge in [0.15, 0.2) is 11.5 Å². The summed E-state index contributed by atoms with van der Waals surface area (Å²) in [7, 11) is 6.31. The minimum Gasteiger partial charge on any atom is -0.493 e. The highest BCUT2D eigenvalue weighted by atomic mass is 16.5. The lowest BCUT2D eigenvalue weighted by molar-refractivity contribution is -0.130. The zero-order valence-corrected chi connectivity index (χ0v) is 20.3. The van der Waals surface area contributed by atoms with Crippen molar-refractivity contribution >= 4 is 11.8 Å². The van der Waals surface area contributed by atoms with E-state index in [-0.39, 0.29) is 17.7 Å². The molecule has 0 aliphatic carbocycles. The molecule has 8 nitrogen and oxygen atoms in total. The number of benzene rings is 2. The van der Waals surface area contributed by atoms with Gasteiger partial charge in [0.25, 0.3) is 0 Å². The number of rotatable bonds is 11. The maximum atomic E-state index is 13.2. The summed E-state index contributed by atoms with van der Waals surface area (Å²) >= 11 is 0. The third-order valence-corrected chi connectivity index (χ3v) is 6.15. The summed E-state index contributed by atoms with van der Waals surface area (Å²) in [6.45, 7) is 1.87. The van der Waals surface area contributed by atoms with E-state index in [2.05, 4.69) is 5.32 Å². The summed E-state index contributed by atoms with van der Waals surface area (Å²) in [5, 5.41) is 3.00. The molecule has 1 N–H and O–H groups in total. The number of likely N-dealkylation sites (tertiary alicyclic amines) is 1. The van der Waals surface area contributed by atoms with Crippen molar-refractivity contribution in [3.63, 3.8) is 0 Å². The van der Waals surface area contributed by atoms with Gasteiger partial charge in [-0.1, -0.05) is 30.3 Å². The van der Waals surface area contributed by atoms with Gasteiger partial charge in [-0.05, 0) is 29.7 Å². The lowest BCUT2D eigenvalue weighted by atomic mass is 9.88. The zero-order chi connectivity index (χ0) is 24.5. The third kappa shape index (κ3) is 5.99. The molecule has 1 aliphatic rings. The second kappa shape index (κ2) is 12.3. The molecule has 0 saturated carbocycles. The number of methoxy groups -OCH3 is 4. The van der Waals surface area contributed by atoms with E-state index < -0.39 is 5.92 Å². The van der Waals surface area contributed by atoms with Crippen LogP contribution in [0.1, 0.15) is 23.5 Å². The predicted molar refractivity (Wildman–Crippen MR) is 129 cm³/mol. The zero-order valence-electron chi connectivity index (χ0n) is 20.3. The molecule has 34 heavy (non-hydrogen) atoms. The standard InChI is InChI=1S/C26H34N2O6/c1-31-12-8-11-27-26(30)21-17-28(24(29)13-18-9-6-5-7-10-18)16-20(21)19-14-22(32-2)25(34-4)23(15-19)33-3/h5-7,9-10,14-15,20-21H,8,11-13,16-17H2,1-4H3,(H,27,30)/t20-,21-/m0/s1. The number of nitrogens with one attached hydrogen (secondary N) is 1. The number of nitrogens with zero attached hydrogens (tertiary/aromatic N) is 1. The molecule has 1 fully saturated rings. The van der Waals surface area contributed by atoms with Crippen LogP contribution in [-0.2, 0) is 20.7 Å². The highest BCUT2D eigenvalue weighted by Gasteiger charge is 2.41. The van der Waals surface area contributed by atoms with Gasteiger partial charge in [0.05, 0.1) is 33.7 Å².